The van der Waals surface area contributed by atoms with Gasteiger partial charge in [-0.05, 0) is 42.3 Å². The van der Waals surface area contributed by atoms with Gasteiger partial charge in [-0.15, -0.1) is 0 Å². The zero-order valence-electron chi connectivity index (χ0n) is 11.9. The molecule has 0 aliphatic rings. The highest BCUT2D eigenvalue weighted by molar-refractivity contribution is 5.93. The van der Waals surface area contributed by atoms with Crippen LogP contribution in [0, 0.1) is 0 Å². The van der Waals surface area contributed by atoms with Gasteiger partial charge in [0.2, 0.25) is 5.89 Å². The minimum atomic E-state index is -0.386. The van der Waals surface area contributed by atoms with E-state index >= 15 is 0 Å². The van der Waals surface area contributed by atoms with Crippen LogP contribution in [0.25, 0.3) is 22.6 Å². The summed E-state index contributed by atoms with van der Waals surface area (Å²) in [7, 11) is 1.36. The molecule has 0 radical (unpaired) electrons. The molecule has 3 aromatic rings. The van der Waals surface area contributed by atoms with Gasteiger partial charge in [0.05, 0.1) is 12.7 Å². The van der Waals surface area contributed by atoms with Crippen molar-refractivity contribution in [3.8, 4) is 11.5 Å². The number of aromatic nitrogens is 1. The Labute approximate surface area is 122 Å². The normalized spacial score (nSPS) is 10.8. The summed E-state index contributed by atoms with van der Waals surface area (Å²) < 4.78 is 10.5. The summed E-state index contributed by atoms with van der Waals surface area (Å²) in [6.07, 6.45) is 0.959. The van der Waals surface area contributed by atoms with Crippen LogP contribution in [-0.2, 0) is 11.2 Å². The van der Waals surface area contributed by atoms with E-state index in [0.717, 1.165) is 17.5 Å². The summed E-state index contributed by atoms with van der Waals surface area (Å²) in [5, 5.41) is 0. The zero-order valence-corrected chi connectivity index (χ0v) is 11.9. The molecule has 0 saturated heterocycles. The maximum absolute atomic E-state index is 11.5. The second-order valence-electron chi connectivity index (χ2n) is 4.75. The number of hydrogen-bond donors (Lipinski definition) is 0. The fraction of sp³-hybridized carbons (Fsp3) is 0.176. The SMILES string of the molecule is CCc1cccc(-c2nc3ccc(C(=O)OC)cc3o2)c1. The van der Waals surface area contributed by atoms with Gasteiger partial charge in [0, 0.05) is 5.56 Å². The average Bonchev–Trinajstić information content (AvgIpc) is 2.97. The lowest BCUT2D eigenvalue weighted by Crippen LogP contribution is -2.00. The molecule has 1 heterocycles. The van der Waals surface area contributed by atoms with Gasteiger partial charge in [0.15, 0.2) is 5.58 Å². The molecule has 0 fully saturated rings. The van der Waals surface area contributed by atoms with Crippen molar-refractivity contribution in [1.29, 1.82) is 0 Å². The summed E-state index contributed by atoms with van der Waals surface area (Å²) in [6, 6.07) is 13.2. The smallest absolute Gasteiger partial charge is 0.337 e. The average molecular weight is 281 g/mol. The van der Waals surface area contributed by atoms with Crippen molar-refractivity contribution in [2.75, 3.05) is 7.11 Å². The van der Waals surface area contributed by atoms with Gasteiger partial charge in [0.1, 0.15) is 5.52 Å². The highest BCUT2D eigenvalue weighted by atomic mass is 16.5. The van der Waals surface area contributed by atoms with E-state index in [4.69, 9.17) is 9.15 Å². The van der Waals surface area contributed by atoms with Gasteiger partial charge < -0.3 is 9.15 Å². The molecule has 0 N–H and O–H groups in total. The molecule has 0 amide bonds. The number of fused-ring (bicyclic) bond motifs is 1. The van der Waals surface area contributed by atoms with E-state index < -0.39 is 0 Å². The predicted octanol–water partition coefficient (Wildman–Crippen LogP) is 3.84. The van der Waals surface area contributed by atoms with E-state index in [1.54, 1.807) is 18.2 Å². The zero-order chi connectivity index (χ0) is 14.8. The Hall–Kier alpha value is -2.62. The van der Waals surface area contributed by atoms with Gasteiger partial charge >= 0.3 is 5.97 Å². The molecule has 0 unspecified atom stereocenters. The Morgan fingerprint density at radius 3 is 2.86 bits per heavy atom. The second kappa shape index (κ2) is 5.40. The lowest BCUT2D eigenvalue weighted by molar-refractivity contribution is 0.0601. The maximum atomic E-state index is 11.5. The summed E-state index contributed by atoms with van der Waals surface area (Å²) in [5.41, 5.74) is 3.92. The number of aryl methyl sites for hydroxylation is 1. The van der Waals surface area contributed by atoms with Crippen molar-refractivity contribution >= 4 is 17.1 Å². The minimum absolute atomic E-state index is 0.386. The fourth-order valence-electron chi connectivity index (χ4n) is 2.22. The van der Waals surface area contributed by atoms with Crippen LogP contribution >= 0.6 is 0 Å². The van der Waals surface area contributed by atoms with Crippen LogP contribution in [0.1, 0.15) is 22.8 Å². The third-order valence-electron chi connectivity index (χ3n) is 3.39. The van der Waals surface area contributed by atoms with Gasteiger partial charge in [-0.1, -0.05) is 19.1 Å². The van der Waals surface area contributed by atoms with Crippen LogP contribution in [0.3, 0.4) is 0 Å². The first-order chi connectivity index (χ1) is 10.2. The molecule has 3 rings (SSSR count). The number of nitrogens with zero attached hydrogens (tertiary/aromatic N) is 1. The second-order valence-corrected chi connectivity index (χ2v) is 4.75. The van der Waals surface area contributed by atoms with Crippen LogP contribution in [0.4, 0.5) is 0 Å². The molecule has 106 valence electrons. The van der Waals surface area contributed by atoms with E-state index in [-0.39, 0.29) is 5.97 Å². The van der Waals surface area contributed by atoms with Crippen LogP contribution in [-0.4, -0.2) is 18.1 Å². The number of ether oxygens (including phenoxy) is 1. The number of rotatable bonds is 3. The predicted molar refractivity (Wildman–Crippen MR) is 80.2 cm³/mol. The van der Waals surface area contributed by atoms with Crippen molar-refractivity contribution in [1.82, 2.24) is 4.98 Å². The number of methoxy groups -OCH3 is 1. The number of carbonyl (C=O) groups is 1. The summed E-state index contributed by atoms with van der Waals surface area (Å²) in [5.74, 6) is 0.171. The molecule has 0 spiro atoms. The molecular weight excluding hydrogens is 266 g/mol. The van der Waals surface area contributed by atoms with E-state index in [1.807, 2.05) is 12.1 Å². The number of esters is 1. The molecule has 1 aromatic heterocycles. The topological polar surface area (TPSA) is 52.3 Å². The molecule has 0 aliphatic heterocycles. The van der Waals surface area contributed by atoms with Crippen LogP contribution in [0.5, 0.6) is 0 Å². The van der Waals surface area contributed by atoms with Gasteiger partial charge in [-0.3, -0.25) is 0 Å². The molecule has 0 atom stereocenters. The Morgan fingerprint density at radius 2 is 2.10 bits per heavy atom. The summed E-state index contributed by atoms with van der Waals surface area (Å²) >= 11 is 0. The first-order valence-electron chi connectivity index (χ1n) is 6.79. The maximum Gasteiger partial charge on any atom is 0.337 e. The highest BCUT2D eigenvalue weighted by Crippen LogP contribution is 2.25. The summed E-state index contributed by atoms with van der Waals surface area (Å²) in [4.78, 5) is 16.0. The van der Waals surface area contributed by atoms with Gasteiger partial charge in [-0.2, -0.15) is 0 Å². The molecule has 4 heteroatoms. The Balaban J connectivity index is 2.06. The standard InChI is InChI=1S/C17H15NO3/c1-3-11-5-4-6-12(9-11)16-18-14-8-7-13(17(19)20-2)10-15(14)21-16/h4-10H,3H2,1-2H3. The van der Waals surface area contributed by atoms with E-state index in [9.17, 15) is 4.79 Å². The largest absolute Gasteiger partial charge is 0.465 e. The molecular formula is C17H15NO3. The van der Waals surface area contributed by atoms with Crippen LogP contribution < -0.4 is 0 Å². The lowest BCUT2D eigenvalue weighted by Gasteiger charge is -1.98. The Bertz CT molecular complexity index is 805. The number of hydrogen-bond acceptors (Lipinski definition) is 4. The third kappa shape index (κ3) is 2.52. The van der Waals surface area contributed by atoms with Crippen molar-refractivity contribution in [3.63, 3.8) is 0 Å². The molecule has 4 nitrogen and oxygen atoms in total. The van der Waals surface area contributed by atoms with Crippen molar-refractivity contribution < 1.29 is 13.9 Å². The Kier molecular flexibility index (Phi) is 3.44. The lowest BCUT2D eigenvalue weighted by atomic mass is 10.1. The van der Waals surface area contributed by atoms with Crippen LogP contribution in [0.2, 0.25) is 0 Å². The molecule has 21 heavy (non-hydrogen) atoms. The molecule has 0 bridgehead atoms. The van der Waals surface area contributed by atoms with Crippen molar-refractivity contribution in [2.24, 2.45) is 0 Å². The number of benzene rings is 2. The monoisotopic (exact) mass is 281 g/mol. The van der Waals surface area contributed by atoms with Crippen molar-refractivity contribution in [3.05, 3.63) is 53.6 Å². The van der Waals surface area contributed by atoms with Crippen molar-refractivity contribution in [2.45, 2.75) is 13.3 Å². The van der Waals surface area contributed by atoms with E-state index in [1.165, 1.54) is 12.7 Å². The third-order valence-corrected chi connectivity index (χ3v) is 3.39. The van der Waals surface area contributed by atoms with E-state index in [0.29, 0.717) is 17.0 Å². The molecule has 0 saturated carbocycles. The van der Waals surface area contributed by atoms with Gasteiger partial charge in [-0.25, -0.2) is 9.78 Å². The number of carbonyl (C=O) groups excluding carboxylic acids is 1. The first-order valence-corrected chi connectivity index (χ1v) is 6.79. The quantitative estimate of drug-likeness (QED) is 0.684. The minimum Gasteiger partial charge on any atom is -0.465 e. The Morgan fingerprint density at radius 1 is 1.24 bits per heavy atom. The molecule has 2 aromatic carbocycles. The summed E-state index contributed by atoms with van der Waals surface area (Å²) in [6.45, 7) is 2.10. The first kappa shape index (κ1) is 13.4. The van der Waals surface area contributed by atoms with E-state index in [2.05, 4.69) is 24.0 Å². The highest BCUT2D eigenvalue weighted by Gasteiger charge is 2.12. The van der Waals surface area contributed by atoms with Crippen LogP contribution in [0.15, 0.2) is 46.9 Å². The molecule has 0 aliphatic carbocycles. The van der Waals surface area contributed by atoms with Gasteiger partial charge in [0.25, 0.3) is 0 Å². The fourth-order valence-corrected chi connectivity index (χ4v) is 2.22. The number of oxazole rings is 1.